The number of fused-ring (bicyclic) bond motifs is 1. The molecule has 0 spiro atoms. The number of aryl methyl sites for hydroxylation is 1. The molecule has 0 atom stereocenters. The lowest BCUT2D eigenvalue weighted by Gasteiger charge is -2.09. The molecule has 2 nitrogen and oxygen atoms in total. The number of hydrogen-bond acceptors (Lipinski definition) is 1. The lowest BCUT2D eigenvalue weighted by atomic mass is 10.2. The zero-order valence-corrected chi connectivity index (χ0v) is 15.0. The van der Waals surface area contributed by atoms with Crippen LogP contribution in [0.15, 0.2) is 46.9 Å². The fourth-order valence-corrected chi connectivity index (χ4v) is 3.30. The Morgan fingerprint density at radius 2 is 2.05 bits per heavy atom. The fraction of sp³-hybridized carbons (Fsp3) is 0.133. The van der Waals surface area contributed by atoms with Crippen LogP contribution >= 0.6 is 50.1 Å². The largest absolute Gasteiger partial charge is 0.296 e. The third-order valence-corrected chi connectivity index (χ3v) is 4.42. The van der Waals surface area contributed by atoms with Gasteiger partial charge >= 0.3 is 0 Å². The highest BCUT2D eigenvalue weighted by Crippen LogP contribution is 2.25. The van der Waals surface area contributed by atoms with Crippen LogP contribution in [-0.4, -0.2) is 15.4 Å². The molecule has 0 aliphatic carbocycles. The van der Waals surface area contributed by atoms with Crippen LogP contribution in [0.2, 0.25) is 0 Å². The summed E-state index contributed by atoms with van der Waals surface area (Å²) in [6.07, 6.45) is 0.749. The SMILES string of the molecule is ClCCc1nc2cc(Br)ccc2n1-c1cccc(I)c1. The summed E-state index contributed by atoms with van der Waals surface area (Å²) in [6, 6.07) is 14.6. The quantitative estimate of drug-likeness (QED) is 0.389. The molecule has 102 valence electrons. The van der Waals surface area contributed by atoms with Crippen LogP contribution in [0.5, 0.6) is 0 Å². The Morgan fingerprint density at radius 1 is 1.20 bits per heavy atom. The maximum atomic E-state index is 5.92. The molecule has 0 saturated heterocycles. The van der Waals surface area contributed by atoms with Crippen molar-refractivity contribution < 1.29 is 0 Å². The molecule has 2 aromatic carbocycles. The smallest absolute Gasteiger partial charge is 0.115 e. The minimum absolute atomic E-state index is 0.564. The maximum absolute atomic E-state index is 5.92. The number of imidazole rings is 1. The molecule has 5 heteroatoms. The Kier molecular flexibility index (Phi) is 4.33. The van der Waals surface area contributed by atoms with Crippen molar-refractivity contribution in [1.82, 2.24) is 9.55 Å². The van der Waals surface area contributed by atoms with Gasteiger partial charge in [-0.05, 0) is 59.0 Å². The van der Waals surface area contributed by atoms with Crippen LogP contribution in [-0.2, 0) is 6.42 Å². The predicted octanol–water partition coefficient (Wildman–Crippen LogP) is 5.17. The van der Waals surface area contributed by atoms with Crippen LogP contribution in [0.1, 0.15) is 5.82 Å². The van der Waals surface area contributed by atoms with Crippen molar-refractivity contribution in [3.8, 4) is 5.69 Å². The van der Waals surface area contributed by atoms with Gasteiger partial charge in [-0.2, -0.15) is 0 Å². The van der Waals surface area contributed by atoms with E-state index >= 15 is 0 Å². The van der Waals surface area contributed by atoms with E-state index in [-0.39, 0.29) is 0 Å². The van der Waals surface area contributed by atoms with E-state index in [0.29, 0.717) is 5.88 Å². The van der Waals surface area contributed by atoms with Crippen molar-refractivity contribution in [3.05, 3.63) is 56.3 Å². The van der Waals surface area contributed by atoms with Gasteiger partial charge in [-0.25, -0.2) is 4.98 Å². The van der Waals surface area contributed by atoms with Crippen LogP contribution in [0.4, 0.5) is 0 Å². The summed E-state index contributed by atoms with van der Waals surface area (Å²) >= 11 is 11.7. The van der Waals surface area contributed by atoms with Crippen molar-refractivity contribution >= 4 is 61.2 Å². The van der Waals surface area contributed by atoms with Gasteiger partial charge in [-0.3, -0.25) is 4.57 Å². The molecule has 0 unspecified atom stereocenters. The third-order valence-electron chi connectivity index (χ3n) is 3.07. The summed E-state index contributed by atoms with van der Waals surface area (Å²) in [5.74, 6) is 1.56. The van der Waals surface area contributed by atoms with E-state index in [9.17, 15) is 0 Å². The van der Waals surface area contributed by atoms with Crippen molar-refractivity contribution in [2.75, 3.05) is 5.88 Å². The molecule has 0 radical (unpaired) electrons. The molecular weight excluding hydrogens is 450 g/mol. The molecule has 1 heterocycles. The molecule has 0 N–H and O–H groups in total. The van der Waals surface area contributed by atoms with E-state index in [1.54, 1.807) is 0 Å². The van der Waals surface area contributed by atoms with Gasteiger partial charge in [0.15, 0.2) is 0 Å². The first-order valence-electron chi connectivity index (χ1n) is 6.18. The van der Waals surface area contributed by atoms with Crippen LogP contribution in [0.25, 0.3) is 16.7 Å². The number of alkyl halides is 1. The van der Waals surface area contributed by atoms with Crippen molar-refractivity contribution in [2.24, 2.45) is 0 Å². The van der Waals surface area contributed by atoms with Gasteiger partial charge in [0.25, 0.3) is 0 Å². The Balaban J connectivity index is 2.28. The van der Waals surface area contributed by atoms with E-state index in [2.05, 4.69) is 73.4 Å². The molecule has 20 heavy (non-hydrogen) atoms. The predicted molar refractivity (Wildman–Crippen MR) is 95.9 cm³/mol. The molecule has 0 bridgehead atoms. The minimum atomic E-state index is 0.564. The zero-order chi connectivity index (χ0) is 14.1. The summed E-state index contributed by atoms with van der Waals surface area (Å²) in [6.45, 7) is 0. The molecule has 0 amide bonds. The van der Waals surface area contributed by atoms with Crippen molar-refractivity contribution in [3.63, 3.8) is 0 Å². The standard InChI is InChI=1S/C15H11BrClIN2/c16-10-4-5-14-13(8-10)19-15(6-7-17)20(14)12-3-1-2-11(18)9-12/h1-5,8-9H,6-7H2. The van der Waals surface area contributed by atoms with E-state index in [1.165, 1.54) is 3.57 Å². The van der Waals surface area contributed by atoms with Gasteiger partial charge in [-0.1, -0.05) is 22.0 Å². The third kappa shape index (κ3) is 2.73. The van der Waals surface area contributed by atoms with Crippen LogP contribution < -0.4 is 0 Å². The molecule has 0 saturated carbocycles. The molecule has 1 aromatic heterocycles. The fourth-order valence-electron chi connectivity index (χ4n) is 2.26. The van der Waals surface area contributed by atoms with Crippen molar-refractivity contribution in [2.45, 2.75) is 6.42 Å². The average molecular weight is 462 g/mol. The topological polar surface area (TPSA) is 17.8 Å². The Hall–Kier alpha value is -0.590. The molecule has 3 aromatic rings. The highest BCUT2D eigenvalue weighted by atomic mass is 127. The highest BCUT2D eigenvalue weighted by molar-refractivity contribution is 14.1. The first-order chi connectivity index (χ1) is 9.69. The molecule has 0 fully saturated rings. The summed E-state index contributed by atoms with van der Waals surface area (Å²) in [7, 11) is 0. The summed E-state index contributed by atoms with van der Waals surface area (Å²) in [5.41, 5.74) is 3.22. The lowest BCUT2D eigenvalue weighted by Crippen LogP contribution is -2.02. The number of halogens is 3. The Morgan fingerprint density at radius 3 is 2.80 bits per heavy atom. The van der Waals surface area contributed by atoms with Gasteiger partial charge in [0.2, 0.25) is 0 Å². The lowest BCUT2D eigenvalue weighted by molar-refractivity contribution is 0.912. The average Bonchev–Trinajstić information content (AvgIpc) is 2.76. The Bertz CT molecular complexity index is 770. The van der Waals surface area contributed by atoms with Crippen LogP contribution in [0.3, 0.4) is 0 Å². The minimum Gasteiger partial charge on any atom is -0.296 e. The normalized spacial score (nSPS) is 11.2. The first kappa shape index (κ1) is 14.4. The highest BCUT2D eigenvalue weighted by Gasteiger charge is 2.12. The second kappa shape index (κ2) is 6.03. The zero-order valence-electron chi connectivity index (χ0n) is 10.5. The molecule has 0 aliphatic heterocycles. The summed E-state index contributed by atoms with van der Waals surface area (Å²) in [4.78, 5) is 4.72. The van der Waals surface area contributed by atoms with Gasteiger partial charge < -0.3 is 0 Å². The van der Waals surface area contributed by atoms with E-state index < -0.39 is 0 Å². The maximum Gasteiger partial charge on any atom is 0.115 e. The number of aromatic nitrogens is 2. The molecule has 3 rings (SSSR count). The number of benzene rings is 2. The first-order valence-corrected chi connectivity index (χ1v) is 8.58. The van der Waals surface area contributed by atoms with Gasteiger partial charge in [0, 0.05) is 26.0 Å². The molecular formula is C15H11BrClIN2. The van der Waals surface area contributed by atoms with Gasteiger partial charge in [0.1, 0.15) is 5.82 Å². The van der Waals surface area contributed by atoms with E-state index in [0.717, 1.165) is 33.4 Å². The number of rotatable bonds is 3. The van der Waals surface area contributed by atoms with E-state index in [1.807, 2.05) is 12.1 Å². The van der Waals surface area contributed by atoms with Crippen molar-refractivity contribution in [1.29, 1.82) is 0 Å². The summed E-state index contributed by atoms with van der Waals surface area (Å²) in [5, 5.41) is 0. The Labute approximate surface area is 144 Å². The second-order valence-corrected chi connectivity index (χ2v) is 6.95. The monoisotopic (exact) mass is 460 g/mol. The number of hydrogen-bond donors (Lipinski definition) is 0. The molecule has 0 aliphatic rings. The van der Waals surface area contributed by atoms with E-state index in [4.69, 9.17) is 16.6 Å². The van der Waals surface area contributed by atoms with Gasteiger partial charge in [0.05, 0.1) is 11.0 Å². The van der Waals surface area contributed by atoms with Crippen LogP contribution in [0, 0.1) is 3.57 Å². The van der Waals surface area contributed by atoms with Gasteiger partial charge in [-0.15, -0.1) is 11.6 Å². The summed E-state index contributed by atoms with van der Waals surface area (Å²) < 4.78 is 4.43. The number of nitrogens with zero attached hydrogens (tertiary/aromatic N) is 2. The second-order valence-electron chi connectivity index (χ2n) is 4.42.